The van der Waals surface area contributed by atoms with Gasteiger partial charge in [0.2, 0.25) is 0 Å². The Kier molecular flexibility index (Phi) is 4.22. The molecule has 0 radical (unpaired) electrons. The number of carbonyl (C=O) groups excluding carboxylic acids is 1. The van der Waals surface area contributed by atoms with Gasteiger partial charge in [-0.15, -0.1) is 0 Å². The van der Waals surface area contributed by atoms with Gasteiger partial charge in [0, 0.05) is 19.2 Å². The van der Waals surface area contributed by atoms with Gasteiger partial charge in [0.15, 0.2) is 5.17 Å². The lowest BCUT2D eigenvalue weighted by Crippen LogP contribution is -2.19. The largest absolute Gasteiger partial charge is 0.497 e. The van der Waals surface area contributed by atoms with Crippen molar-refractivity contribution in [2.45, 2.75) is 0 Å². The SMILES string of the molecule is COc1cccc(N=C2NC(=O)/C(=C\c3nc4ccccc4n3C)S2)c1. The molecule has 1 N–H and O–H groups in total. The second-order valence-corrected chi connectivity index (χ2v) is 6.73. The summed E-state index contributed by atoms with van der Waals surface area (Å²) in [6.45, 7) is 0. The number of nitrogens with zero attached hydrogens (tertiary/aromatic N) is 3. The van der Waals surface area contributed by atoms with Crippen LogP contribution in [0.2, 0.25) is 0 Å². The first-order chi connectivity index (χ1) is 12.6. The summed E-state index contributed by atoms with van der Waals surface area (Å²) in [7, 11) is 3.54. The maximum atomic E-state index is 12.3. The normalized spacial score (nSPS) is 17.2. The van der Waals surface area contributed by atoms with Crippen LogP contribution in [0.4, 0.5) is 5.69 Å². The highest BCUT2D eigenvalue weighted by Gasteiger charge is 2.24. The first-order valence-electron chi connectivity index (χ1n) is 7.99. The minimum atomic E-state index is -0.177. The molecule has 4 rings (SSSR count). The van der Waals surface area contributed by atoms with Gasteiger partial charge in [0.05, 0.1) is 28.7 Å². The van der Waals surface area contributed by atoms with Crippen LogP contribution in [0.3, 0.4) is 0 Å². The molecule has 0 unspecified atom stereocenters. The maximum Gasteiger partial charge on any atom is 0.264 e. The third-order valence-corrected chi connectivity index (χ3v) is 4.93. The van der Waals surface area contributed by atoms with Gasteiger partial charge < -0.3 is 14.6 Å². The number of thioether (sulfide) groups is 1. The number of carbonyl (C=O) groups is 1. The molecule has 1 aliphatic rings. The number of aromatic nitrogens is 2. The van der Waals surface area contributed by atoms with E-state index in [9.17, 15) is 4.79 Å². The van der Waals surface area contributed by atoms with Crippen LogP contribution in [0, 0.1) is 0 Å². The van der Waals surface area contributed by atoms with E-state index in [0.717, 1.165) is 28.3 Å². The standard InChI is InChI=1S/C19H16N4O2S/c1-23-15-9-4-3-8-14(15)21-17(23)11-16-18(24)22-19(26-16)20-12-6-5-7-13(10-12)25-2/h3-11H,1-2H3,(H,20,22,24)/b16-11+. The van der Waals surface area contributed by atoms with Crippen molar-refractivity contribution in [1.29, 1.82) is 0 Å². The number of ether oxygens (including phenoxy) is 1. The molecule has 26 heavy (non-hydrogen) atoms. The number of nitrogens with one attached hydrogen (secondary N) is 1. The van der Waals surface area contributed by atoms with Gasteiger partial charge in [-0.05, 0) is 36.0 Å². The number of aryl methyl sites for hydroxylation is 1. The zero-order valence-electron chi connectivity index (χ0n) is 14.3. The lowest BCUT2D eigenvalue weighted by molar-refractivity contribution is -0.115. The number of aliphatic imine (C=N–C) groups is 1. The van der Waals surface area contributed by atoms with Crippen molar-refractivity contribution >= 4 is 45.6 Å². The molecule has 130 valence electrons. The monoisotopic (exact) mass is 364 g/mol. The van der Waals surface area contributed by atoms with E-state index in [-0.39, 0.29) is 5.91 Å². The fourth-order valence-corrected chi connectivity index (χ4v) is 3.50. The molecular formula is C19H16N4O2S. The number of hydrogen-bond donors (Lipinski definition) is 1. The lowest BCUT2D eigenvalue weighted by Gasteiger charge is -2.00. The summed E-state index contributed by atoms with van der Waals surface area (Å²) >= 11 is 1.30. The third kappa shape index (κ3) is 3.09. The van der Waals surface area contributed by atoms with Crippen LogP contribution in [-0.4, -0.2) is 27.7 Å². The summed E-state index contributed by atoms with van der Waals surface area (Å²) in [5.74, 6) is 1.27. The highest BCUT2D eigenvalue weighted by molar-refractivity contribution is 8.18. The summed E-state index contributed by atoms with van der Waals surface area (Å²) in [4.78, 5) is 21.9. The van der Waals surface area contributed by atoms with Gasteiger partial charge in [0.1, 0.15) is 11.6 Å². The first-order valence-corrected chi connectivity index (χ1v) is 8.81. The van der Waals surface area contributed by atoms with E-state index in [1.807, 2.05) is 60.1 Å². The lowest BCUT2D eigenvalue weighted by atomic mass is 10.3. The number of benzene rings is 2. The van der Waals surface area contributed by atoms with Crippen LogP contribution in [0.25, 0.3) is 17.1 Å². The Morgan fingerprint density at radius 3 is 2.88 bits per heavy atom. The number of methoxy groups -OCH3 is 1. The van der Waals surface area contributed by atoms with Crippen LogP contribution >= 0.6 is 11.8 Å². The number of amides is 1. The molecule has 1 saturated heterocycles. The number of imidazole rings is 1. The first kappa shape index (κ1) is 16.4. The maximum absolute atomic E-state index is 12.3. The fraction of sp³-hybridized carbons (Fsp3) is 0.105. The Morgan fingerprint density at radius 1 is 1.23 bits per heavy atom. The smallest absolute Gasteiger partial charge is 0.264 e. The second kappa shape index (κ2) is 6.68. The zero-order chi connectivity index (χ0) is 18.1. The van der Waals surface area contributed by atoms with Crippen molar-refractivity contribution < 1.29 is 9.53 Å². The van der Waals surface area contributed by atoms with E-state index in [1.54, 1.807) is 13.2 Å². The fourth-order valence-electron chi connectivity index (χ4n) is 2.69. The van der Waals surface area contributed by atoms with Gasteiger partial charge in [0.25, 0.3) is 5.91 Å². The summed E-state index contributed by atoms with van der Waals surface area (Å²) in [6, 6.07) is 15.2. The van der Waals surface area contributed by atoms with Crippen LogP contribution in [0.15, 0.2) is 58.4 Å². The molecule has 3 aromatic rings. The predicted molar refractivity (Wildman–Crippen MR) is 105 cm³/mol. The number of amidine groups is 1. The summed E-state index contributed by atoms with van der Waals surface area (Å²) in [6.07, 6.45) is 1.79. The van der Waals surface area contributed by atoms with Gasteiger partial charge >= 0.3 is 0 Å². The Hall–Kier alpha value is -3.06. The van der Waals surface area contributed by atoms with E-state index in [4.69, 9.17) is 4.74 Å². The topological polar surface area (TPSA) is 68.5 Å². The molecule has 1 fully saturated rings. The van der Waals surface area contributed by atoms with E-state index >= 15 is 0 Å². The van der Waals surface area contributed by atoms with E-state index in [1.165, 1.54) is 11.8 Å². The van der Waals surface area contributed by atoms with E-state index < -0.39 is 0 Å². The van der Waals surface area contributed by atoms with Crippen LogP contribution in [-0.2, 0) is 11.8 Å². The molecule has 0 spiro atoms. The quantitative estimate of drug-likeness (QED) is 0.723. The van der Waals surface area contributed by atoms with Gasteiger partial charge in [-0.1, -0.05) is 18.2 Å². The summed E-state index contributed by atoms with van der Waals surface area (Å²) in [5, 5.41) is 3.33. The van der Waals surface area contributed by atoms with E-state index in [2.05, 4.69) is 15.3 Å². The van der Waals surface area contributed by atoms with Crippen molar-refractivity contribution in [1.82, 2.24) is 14.9 Å². The number of para-hydroxylation sites is 2. The molecule has 2 heterocycles. The Balaban J connectivity index is 1.63. The zero-order valence-corrected chi connectivity index (χ0v) is 15.1. The predicted octanol–water partition coefficient (Wildman–Crippen LogP) is 3.47. The van der Waals surface area contributed by atoms with Crippen molar-refractivity contribution in [3.8, 4) is 5.75 Å². The second-order valence-electron chi connectivity index (χ2n) is 5.70. The van der Waals surface area contributed by atoms with Gasteiger partial charge in [-0.25, -0.2) is 9.98 Å². The molecule has 0 saturated carbocycles. The average molecular weight is 364 g/mol. The van der Waals surface area contributed by atoms with Gasteiger partial charge in [-0.2, -0.15) is 0 Å². The van der Waals surface area contributed by atoms with Crippen LogP contribution in [0.5, 0.6) is 5.75 Å². The van der Waals surface area contributed by atoms with Crippen LogP contribution < -0.4 is 10.1 Å². The average Bonchev–Trinajstić information content (AvgIpc) is 3.15. The Morgan fingerprint density at radius 2 is 2.08 bits per heavy atom. The van der Waals surface area contributed by atoms with Crippen molar-refractivity contribution in [2.24, 2.45) is 12.0 Å². The van der Waals surface area contributed by atoms with Crippen molar-refractivity contribution in [3.05, 3.63) is 59.3 Å². The third-order valence-electron chi connectivity index (χ3n) is 4.02. The Bertz CT molecular complexity index is 1070. The number of hydrogen-bond acceptors (Lipinski definition) is 5. The molecule has 0 atom stereocenters. The summed E-state index contributed by atoms with van der Waals surface area (Å²) < 4.78 is 7.16. The molecule has 0 aliphatic carbocycles. The number of fused-ring (bicyclic) bond motifs is 1. The molecule has 2 aromatic carbocycles. The molecule has 1 aromatic heterocycles. The van der Waals surface area contributed by atoms with Crippen molar-refractivity contribution in [2.75, 3.05) is 7.11 Å². The van der Waals surface area contributed by atoms with Gasteiger partial charge in [-0.3, -0.25) is 4.79 Å². The van der Waals surface area contributed by atoms with Crippen LogP contribution in [0.1, 0.15) is 5.82 Å². The van der Waals surface area contributed by atoms with Crippen molar-refractivity contribution in [3.63, 3.8) is 0 Å². The highest BCUT2D eigenvalue weighted by atomic mass is 32.2. The summed E-state index contributed by atoms with van der Waals surface area (Å²) in [5.41, 5.74) is 2.64. The molecule has 7 heteroatoms. The van der Waals surface area contributed by atoms with E-state index in [0.29, 0.717) is 10.1 Å². The molecular weight excluding hydrogens is 348 g/mol. The molecule has 6 nitrogen and oxygen atoms in total. The minimum Gasteiger partial charge on any atom is -0.497 e. The highest BCUT2D eigenvalue weighted by Crippen LogP contribution is 2.29. The Labute approximate surface area is 154 Å². The molecule has 1 amide bonds. The molecule has 0 bridgehead atoms. The minimum absolute atomic E-state index is 0.177. The number of rotatable bonds is 3. The molecule has 1 aliphatic heterocycles.